The molecule has 1 aromatic heterocycles. The zero-order chi connectivity index (χ0) is 18.9. The molecule has 0 spiro atoms. The van der Waals surface area contributed by atoms with Gasteiger partial charge in [0.2, 0.25) is 0 Å². The molecule has 0 amide bonds. The Bertz CT molecular complexity index is 760. The van der Waals surface area contributed by atoms with Crippen molar-refractivity contribution in [3.63, 3.8) is 0 Å². The van der Waals surface area contributed by atoms with Crippen LogP contribution in [0.4, 0.5) is 5.82 Å². The lowest BCUT2D eigenvalue weighted by Crippen LogP contribution is -2.36. The van der Waals surface area contributed by atoms with Gasteiger partial charge in [-0.15, -0.1) is 24.0 Å². The maximum atomic E-state index is 6.21. The van der Waals surface area contributed by atoms with E-state index in [0.717, 1.165) is 35.5 Å². The van der Waals surface area contributed by atoms with Crippen LogP contribution in [0.15, 0.2) is 47.6 Å². The Hall–Kier alpha value is -1.54. The zero-order valence-electron chi connectivity index (χ0n) is 16.3. The van der Waals surface area contributed by atoms with E-state index in [1.165, 1.54) is 31.2 Å². The molecule has 0 bridgehead atoms. The molecule has 2 heterocycles. The number of nitrogens with one attached hydrogen (secondary N) is 2. The maximum absolute atomic E-state index is 6.21. The van der Waals surface area contributed by atoms with Crippen molar-refractivity contribution in [3.8, 4) is 0 Å². The molecule has 1 fully saturated rings. The minimum Gasteiger partial charge on any atom is -0.357 e. The van der Waals surface area contributed by atoms with E-state index in [0.29, 0.717) is 13.1 Å². The molecule has 28 heavy (non-hydrogen) atoms. The van der Waals surface area contributed by atoms with Gasteiger partial charge in [0, 0.05) is 44.4 Å². The number of aromatic nitrogens is 1. The summed E-state index contributed by atoms with van der Waals surface area (Å²) in [5.74, 6) is 1.83. The molecule has 2 N–H and O–H groups in total. The van der Waals surface area contributed by atoms with E-state index in [1.807, 2.05) is 30.5 Å². The number of benzene rings is 1. The van der Waals surface area contributed by atoms with Gasteiger partial charge in [0.1, 0.15) is 5.82 Å². The number of guanidine groups is 1. The molecule has 1 aliphatic rings. The number of halogens is 2. The van der Waals surface area contributed by atoms with E-state index < -0.39 is 0 Å². The molecule has 1 aliphatic heterocycles. The van der Waals surface area contributed by atoms with Crippen LogP contribution >= 0.6 is 35.6 Å². The molecule has 3 rings (SSSR count). The van der Waals surface area contributed by atoms with Gasteiger partial charge in [0.15, 0.2) is 5.96 Å². The van der Waals surface area contributed by atoms with E-state index in [-0.39, 0.29) is 24.0 Å². The fourth-order valence-electron chi connectivity index (χ4n) is 3.27. The third-order valence-electron chi connectivity index (χ3n) is 4.83. The molecule has 5 nitrogen and oxygen atoms in total. The Kier molecular flexibility index (Phi) is 9.84. The normalized spacial score (nSPS) is 14.8. The summed E-state index contributed by atoms with van der Waals surface area (Å²) in [6, 6.07) is 12.1. The SMILES string of the molecule is CN=C(NCc1ccnc(N2CCCCCC2)c1)NCc1ccccc1Cl.I. The molecular formula is C21H29ClIN5. The standard InChI is InChI=1S/C21H28ClN5.HI/c1-23-21(26-16-18-8-4-5-9-19(18)22)25-15-17-10-11-24-20(14-17)27-12-6-2-3-7-13-27;/h4-5,8-11,14H,2-3,6-7,12-13,15-16H2,1H3,(H2,23,25,26);1H. The third kappa shape index (κ3) is 6.81. The number of pyridine rings is 1. The molecule has 7 heteroatoms. The summed E-state index contributed by atoms with van der Waals surface area (Å²) in [5, 5.41) is 7.44. The van der Waals surface area contributed by atoms with Gasteiger partial charge in [-0.25, -0.2) is 4.98 Å². The summed E-state index contributed by atoms with van der Waals surface area (Å²) >= 11 is 6.21. The summed E-state index contributed by atoms with van der Waals surface area (Å²) < 4.78 is 0. The van der Waals surface area contributed by atoms with Crippen molar-refractivity contribution in [2.75, 3.05) is 25.0 Å². The number of hydrogen-bond donors (Lipinski definition) is 2. The molecule has 0 saturated carbocycles. The van der Waals surface area contributed by atoms with Crippen molar-refractivity contribution in [1.29, 1.82) is 0 Å². The van der Waals surface area contributed by atoms with Crippen molar-refractivity contribution in [3.05, 3.63) is 58.7 Å². The molecule has 0 aliphatic carbocycles. The van der Waals surface area contributed by atoms with Crippen LogP contribution in [-0.4, -0.2) is 31.1 Å². The highest BCUT2D eigenvalue weighted by Gasteiger charge is 2.11. The van der Waals surface area contributed by atoms with Gasteiger partial charge in [-0.05, 0) is 42.2 Å². The first-order valence-electron chi connectivity index (χ1n) is 9.64. The number of nitrogens with zero attached hydrogens (tertiary/aromatic N) is 3. The Balaban J connectivity index is 0.00000280. The van der Waals surface area contributed by atoms with Gasteiger partial charge < -0.3 is 15.5 Å². The zero-order valence-corrected chi connectivity index (χ0v) is 19.4. The van der Waals surface area contributed by atoms with Crippen molar-refractivity contribution in [2.24, 2.45) is 4.99 Å². The smallest absolute Gasteiger partial charge is 0.191 e. The van der Waals surface area contributed by atoms with Crippen molar-refractivity contribution >= 4 is 47.4 Å². The van der Waals surface area contributed by atoms with E-state index in [1.54, 1.807) is 7.05 Å². The minimum absolute atomic E-state index is 0. The van der Waals surface area contributed by atoms with Crippen LogP contribution < -0.4 is 15.5 Å². The first-order chi connectivity index (χ1) is 13.3. The van der Waals surface area contributed by atoms with Crippen LogP contribution in [0.3, 0.4) is 0 Å². The minimum atomic E-state index is 0. The summed E-state index contributed by atoms with van der Waals surface area (Å²) in [4.78, 5) is 11.3. The highest BCUT2D eigenvalue weighted by molar-refractivity contribution is 14.0. The second-order valence-corrected chi connectivity index (χ2v) is 7.20. The molecular weight excluding hydrogens is 485 g/mol. The van der Waals surface area contributed by atoms with Crippen LogP contribution in [0.1, 0.15) is 36.8 Å². The van der Waals surface area contributed by atoms with Crippen molar-refractivity contribution in [2.45, 2.75) is 38.8 Å². The largest absolute Gasteiger partial charge is 0.357 e. The molecule has 2 aromatic rings. The number of rotatable bonds is 5. The maximum Gasteiger partial charge on any atom is 0.191 e. The Morgan fingerprint density at radius 1 is 1.07 bits per heavy atom. The highest BCUT2D eigenvalue weighted by atomic mass is 127. The average molecular weight is 514 g/mol. The van der Waals surface area contributed by atoms with E-state index in [4.69, 9.17) is 11.6 Å². The Labute approximate surface area is 190 Å². The van der Waals surface area contributed by atoms with Gasteiger partial charge in [-0.2, -0.15) is 0 Å². The Morgan fingerprint density at radius 2 is 1.79 bits per heavy atom. The number of hydrogen-bond acceptors (Lipinski definition) is 3. The predicted molar refractivity (Wildman–Crippen MR) is 129 cm³/mol. The first kappa shape index (κ1) is 22.7. The monoisotopic (exact) mass is 513 g/mol. The topological polar surface area (TPSA) is 52.6 Å². The fourth-order valence-corrected chi connectivity index (χ4v) is 3.47. The summed E-state index contributed by atoms with van der Waals surface area (Å²) in [6.45, 7) is 3.54. The first-order valence-corrected chi connectivity index (χ1v) is 10.0. The average Bonchev–Trinajstić information content (AvgIpc) is 2.99. The lowest BCUT2D eigenvalue weighted by Gasteiger charge is -2.22. The summed E-state index contributed by atoms with van der Waals surface area (Å²) in [6.07, 6.45) is 7.05. The number of anilines is 1. The third-order valence-corrected chi connectivity index (χ3v) is 5.20. The second kappa shape index (κ2) is 12.1. The van der Waals surface area contributed by atoms with Gasteiger partial charge in [0.25, 0.3) is 0 Å². The van der Waals surface area contributed by atoms with Gasteiger partial charge in [-0.1, -0.05) is 42.6 Å². The summed E-state index contributed by atoms with van der Waals surface area (Å²) in [7, 11) is 1.77. The quantitative estimate of drug-likeness (QED) is 0.349. The van der Waals surface area contributed by atoms with Gasteiger partial charge in [-0.3, -0.25) is 4.99 Å². The molecule has 0 unspecified atom stereocenters. The van der Waals surface area contributed by atoms with Crippen LogP contribution in [-0.2, 0) is 13.1 Å². The molecule has 152 valence electrons. The van der Waals surface area contributed by atoms with Crippen LogP contribution in [0.25, 0.3) is 0 Å². The molecule has 0 radical (unpaired) electrons. The Morgan fingerprint density at radius 3 is 2.50 bits per heavy atom. The highest BCUT2D eigenvalue weighted by Crippen LogP contribution is 2.18. The number of aliphatic imine (C=N–C) groups is 1. The van der Waals surface area contributed by atoms with E-state index in [2.05, 4.69) is 37.6 Å². The van der Waals surface area contributed by atoms with Crippen LogP contribution in [0.2, 0.25) is 5.02 Å². The molecule has 1 saturated heterocycles. The predicted octanol–water partition coefficient (Wildman–Crippen LogP) is 4.60. The van der Waals surface area contributed by atoms with Crippen molar-refractivity contribution in [1.82, 2.24) is 15.6 Å². The lowest BCUT2D eigenvalue weighted by molar-refractivity contribution is 0.726. The lowest BCUT2D eigenvalue weighted by atomic mass is 10.2. The van der Waals surface area contributed by atoms with Crippen molar-refractivity contribution < 1.29 is 0 Å². The molecule has 0 atom stereocenters. The molecule has 1 aromatic carbocycles. The van der Waals surface area contributed by atoms with Gasteiger partial charge in [0.05, 0.1) is 0 Å². The van der Waals surface area contributed by atoms with Crippen LogP contribution in [0.5, 0.6) is 0 Å². The van der Waals surface area contributed by atoms with Gasteiger partial charge >= 0.3 is 0 Å². The van der Waals surface area contributed by atoms with Crippen LogP contribution in [0, 0.1) is 0 Å². The second-order valence-electron chi connectivity index (χ2n) is 6.79. The van der Waals surface area contributed by atoms with E-state index >= 15 is 0 Å². The summed E-state index contributed by atoms with van der Waals surface area (Å²) in [5.41, 5.74) is 2.25. The van der Waals surface area contributed by atoms with E-state index in [9.17, 15) is 0 Å². The fraction of sp³-hybridized carbons (Fsp3) is 0.429.